The molecule has 3 nitrogen and oxygen atoms in total. The van der Waals surface area contributed by atoms with Crippen LogP contribution in [0.3, 0.4) is 0 Å². The zero-order valence-electron chi connectivity index (χ0n) is 8.23. The topological polar surface area (TPSA) is 42.1 Å². The van der Waals surface area contributed by atoms with Gasteiger partial charge in [-0.1, -0.05) is 13.8 Å². The molecule has 0 atom stereocenters. The monoisotopic (exact) mass is 199 g/mol. The van der Waals surface area contributed by atoms with Gasteiger partial charge >= 0.3 is 0 Å². The minimum Gasteiger partial charge on any atom is -0.347 e. The van der Waals surface area contributed by atoms with Crippen molar-refractivity contribution in [3.8, 4) is 0 Å². The molecule has 1 aromatic rings. The minimum absolute atomic E-state index is 0.649. The first kappa shape index (κ1) is 10.5. The van der Waals surface area contributed by atoms with Gasteiger partial charge in [-0.3, -0.25) is 0 Å². The van der Waals surface area contributed by atoms with Crippen molar-refractivity contribution in [1.82, 2.24) is 4.98 Å². The average Bonchev–Trinajstić information content (AvgIpc) is 2.54. The molecule has 0 fully saturated rings. The highest BCUT2D eigenvalue weighted by Crippen LogP contribution is 2.17. The number of nitrogens with two attached hydrogens (primary N) is 1. The smallest absolute Gasteiger partial charge is 0.185 e. The van der Waals surface area contributed by atoms with Crippen LogP contribution in [-0.4, -0.2) is 24.6 Å². The fraction of sp³-hybridized carbons (Fsp3) is 0.667. The van der Waals surface area contributed by atoms with Gasteiger partial charge in [0, 0.05) is 31.2 Å². The number of rotatable bonds is 5. The summed E-state index contributed by atoms with van der Waals surface area (Å²) in [6.07, 6.45) is 1.84. The summed E-state index contributed by atoms with van der Waals surface area (Å²) in [6, 6.07) is 0. The van der Waals surface area contributed by atoms with Crippen LogP contribution >= 0.6 is 11.3 Å². The molecule has 0 aliphatic rings. The molecule has 13 heavy (non-hydrogen) atoms. The number of hydrogen-bond donors (Lipinski definition) is 1. The molecule has 0 radical (unpaired) electrons. The van der Waals surface area contributed by atoms with E-state index in [2.05, 4.69) is 23.7 Å². The van der Waals surface area contributed by atoms with Gasteiger partial charge in [-0.2, -0.15) is 0 Å². The molecule has 74 valence electrons. The Morgan fingerprint density at radius 3 is 2.85 bits per heavy atom. The molecule has 0 aromatic carbocycles. The van der Waals surface area contributed by atoms with E-state index < -0.39 is 0 Å². The SMILES string of the molecule is CC(C)CN(CCN)c1nccs1. The Bertz CT molecular complexity index is 221. The molecule has 1 aromatic heterocycles. The van der Waals surface area contributed by atoms with Gasteiger partial charge in [0.15, 0.2) is 5.13 Å². The molecule has 0 bridgehead atoms. The maximum absolute atomic E-state index is 5.55. The third-order valence-electron chi connectivity index (χ3n) is 1.67. The third kappa shape index (κ3) is 3.32. The van der Waals surface area contributed by atoms with Gasteiger partial charge in [-0.05, 0) is 5.92 Å². The van der Waals surface area contributed by atoms with E-state index in [1.165, 1.54) is 0 Å². The van der Waals surface area contributed by atoms with E-state index in [9.17, 15) is 0 Å². The van der Waals surface area contributed by atoms with Crippen molar-refractivity contribution in [3.05, 3.63) is 11.6 Å². The summed E-state index contributed by atoms with van der Waals surface area (Å²) in [5, 5.41) is 3.08. The first-order valence-electron chi connectivity index (χ1n) is 4.58. The lowest BCUT2D eigenvalue weighted by Gasteiger charge is -2.22. The number of aromatic nitrogens is 1. The summed E-state index contributed by atoms with van der Waals surface area (Å²) in [6.45, 7) is 7.02. The van der Waals surface area contributed by atoms with Crippen LogP contribution in [0.4, 0.5) is 5.13 Å². The van der Waals surface area contributed by atoms with E-state index in [-0.39, 0.29) is 0 Å². The number of thiazole rings is 1. The summed E-state index contributed by atoms with van der Waals surface area (Å²) in [4.78, 5) is 6.52. The molecule has 4 heteroatoms. The lowest BCUT2D eigenvalue weighted by atomic mass is 10.2. The van der Waals surface area contributed by atoms with Gasteiger partial charge in [-0.25, -0.2) is 4.98 Å². The predicted octanol–water partition coefficient (Wildman–Crippen LogP) is 1.56. The largest absolute Gasteiger partial charge is 0.347 e. The van der Waals surface area contributed by atoms with Crippen molar-refractivity contribution in [1.29, 1.82) is 0 Å². The van der Waals surface area contributed by atoms with E-state index in [1.54, 1.807) is 11.3 Å². The number of hydrogen-bond acceptors (Lipinski definition) is 4. The molecule has 0 aliphatic heterocycles. The summed E-state index contributed by atoms with van der Waals surface area (Å²) in [7, 11) is 0. The maximum Gasteiger partial charge on any atom is 0.185 e. The highest BCUT2D eigenvalue weighted by molar-refractivity contribution is 7.13. The Kier molecular flexibility index (Phi) is 4.18. The van der Waals surface area contributed by atoms with Crippen LogP contribution in [0.2, 0.25) is 0 Å². The van der Waals surface area contributed by atoms with Crippen LogP contribution < -0.4 is 10.6 Å². The Hall–Kier alpha value is -0.610. The molecule has 1 rings (SSSR count). The molecule has 0 saturated carbocycles. The molecule has 0 unspecified atom stereocenters. The molecule has 0 saturated heterocycles. The zero-order valence-corrected chi connectivity index (χ0v) is 9.05. The van der Waals surface area contributed by atoms with Crippen LogP contribution in [0.1, 0.15) is 13.8 Å². The van der Waals surface area contributed by atoms with Crippen LogP contribution in [0.25, 0.3) is 0 Å². The van der Waals surface area contributed by atoms with Crippen molar-refractivity contribution in [2.75, 3.05) is 24.5 Å². The third-order valence-corrected chi connectivity index (χ3v) is 2.51. The highest BCUT2D eigenvalue weighted by Gasteiger charge is 2.09. The second-order valence-corrected chi connectivity index (χ2v) is 4.32. The standard InChI is InChI=1S/C9H17N3S/c1-8(2)7-12(5-3-10)9-11-4-6-13-9/h4,6,8H,3,5,7,10H2,1-2H3. The van der Waals surface area contributed by atoms with Gasteiger partial charge in [0.05, 0.1) is 0 Å². The number of nitrogens with zero attached hydrogens (tertiary/aromatic N) is 2. The van der Waals surface area contributed by atoms with Gasteiger partial charge < -0.3 is 10.6 Å². The van der Waals surface area contributed by atoms with Gasteiger partial charge in [0.25, 0.3) is 0 Å². The first-order valence-corrected chi connectivity index (χ1v) is 5.46. The molecule has 0 aliphatic carbocycles. The zero-order chi connectivity index (χ0) is 9.68. The van der Waals surface area contributed by atoms with Gasteiger partial charge in [0.1, 0.15) is 0 Å². The molecular formula is C9H17N3S. The Morgan fingerprint density at radius 1 is 1.62 bits per heavy atom. The van der Waals surface area contributed by atoms with E-state index in [0.29, 0.717) is 12.5 Å². The van der Waals surface area contributed by atoms with E-state index in [4.69, 9.17) is 5.73 Å². The molecule has 1 heterocycles. The average molecular weight is 199 g/mol. The molecular weight excluding hydrogens is 182 g/mol. The van der Waals surface area contributed by atoms with Crippen LogP contribution in [0.5, 0.6) is 0 Å². The highest BCUT2D eigenvalue weighted by atomic mass is 32.1. The van der Waals surface area contributed by atoms with E-state index >= 15 is 0 Å². The normalized spacial score (nSPS) is 10.8. The second-order valence-electron chi connectivity index (χ2n) is 3.44. The van der Waals surface area contributed by atoms with Crippen LogP contribution in [-0.2, 0) is 0 Å². The van der Waals surface area contributed by atoms with Gasteiger partial charge in [-0.15, -0.1) is 11.3 Å². The first-order chi connectivity index (χ1) is 6.24. The maximum atomic E-state index is 5.55. The van der Waals surface area contributed by atoms with Crippen LogP contribution in [0.15, 0.2) is 11.6 Å². The van der Waals surface area contributed by atoms with E-state index in [0.717, 1.165) is 18.2 Å². The Morgan fingerprint density at radius 2 is 2.38 bits per heavy atom. The molecule has 2 N–H and O–H groups in total. The molecule has 0 spiro atoms. The quantitative estimate of drug-likeness (QED) is 0.782. The fourth-order valence-corrected chi connectivity index (χ4v) is 1.91. The summed E-state index contributed by atoms with van der Waals surface area (Å²) >= 11 is 1.67. The van der Waals surface area contributed by atoms with Crippen molar-refractivity contribution in [2.45, 2.75) is 13.8 Å². The summed E-state index contributed by atoms with van der Waals surface area (Å²) < 4.78 is 0. The van der Waals surface area contributed by atoms with Crippen molar-refractivity contribution < 1.29 is 0 Å². The van der Waals surface area contributed by atoms with E-state index in [1.807, 2.05) is 11.6 Å². The fourth-order valence-electron chi connectivity index (χ4n) is 1.23. The number of anilines is 1. The lowest BCUT2D eigenvalue weighted by Crippen LogP contribution is -2.32. The Labute approximate surface area is 83.6 Å². The minimum atomic E-state index is 0.649. The second kappa shape index (κ2) is 5.19. The van der Waals surface area contributed by atoms with Crippen molar-refractivity contribution >= 4 is 16.5 Å². The van der Waals surface area contributed by atoms with Crippen LogP contribution in [0, 0.1) is 5.92 Å². The summed E-state index contributed by atoms with van der Waals surface area (Å²) in [5.74, 6) is 0.649. The van der Waals surface area contributed by atoms with Gasteiger partial charge in [0.2, 0.25) is 0 Å². The van der Waals surface area contributed by atoms with Crippen molar-refractivity contribution in [2.24, 2.45) is 11.7 Å². The Balaban J connectivity index is 2.57. The lowest BCUT2D eigenvalue weighted by molar-refractivity contribution is 0.611. The summed E-state index contributed by atoms with van der Waals surface area (Å²) in [5.41, 5.74) is 5.55. The predicted molar refractivity (Wildman–Crippen MR) is 58.2 cm³/mol. The van der Waals surface area contributed by atoms with Crippen molar-refractivity contribution in [3.63, 3.8) is 0 Å². The molecule has 0 amide bonds.